The SMILES string of the molecule is COC(=O)c1cc(COC(=O)c2ccccc2C(=O)c2ccccc2)oc1C. The second-order valence-electron chi connectivity index (χ2n) is 5.99. The van der Waals surface area contributed by atoms with Gasteiger partial charge in [0.2, 0.25) is 0 Å². The van der Waals surface area contributed by atoms with Crippen LogP contribution in [0.15, 0.2) is 65.1 Å². The first kappa shape index (κ1) is 19.1. The summed E-state index contributed by atoms with van der Waals surface area (Å²) in [6.07, 6.45) is 0. The van der Waals surface area contributed by atoms with Crippen molar-refractivity contribution in [2.24, 2.45) is 0 Å². The summed E-state index contributed by atoms with van der Waals surface area (Å²) in [5.41, 5.74) is 1.16. The Morgan fingerprint density at radius 3 is 2.18 bits per heavy atom. The van der Waals surface area contributed by atoms with E-state index in [0.29, 0.717) is 17.1 Å². The van der Waals surface area contributed by atoms with Crippen LogP contribution in [0, 0.1) is 6.92 Å². The van der Waals surface area contributed by atoms with Crippen molar-refractivity contribution in [3.8, 4) is 0 Å². The van der Waals surface area contributed by atoms with Crippen LogP contribution < -0.4 is 0 Å². The van der Waals surface area contributed by atoms with Gasteiger partial charge in [0.1, 0.15) is 23.7 Å². The van der Waals surface area contributed by atoms with E-state index < -0.39 is 11.9 Å². The molecular formula is C22H18O6. The minimum absolute atomic E-state index is 0.160. The molecule has 0 amide bonds. The van der Waals surface area contributed by atoms with E-state index in [1.165, 1.54) is 19.2 Å². The lowest BCUT2D eigenvalue weighted by atomic mass is 9.98. The van der Waals surface area contributed by atoms with E-state index in [1.807, 2.05) is 6.07 Å². The van der Waals surface area contributed by atoms with E-state index in [2.05, 4.69) is 4.74 Å². The van der Waals surface area contributed by atoms with Gasteiger partial charge in [0.25, 0.3) is 0 Å². The second kappa shape index (κ2) is 8.35. The lowest BCUT2D eigenvalue weighted by Gasteiger charge is -2.08. The van der Waals surface area contributed by atoms with Gasteiger partial charge in [-0.15, -0.1) is 0 Å². The van der Waals surface area contributed by atoms with Gasteiger partial charge in [0.05, 0.1) is 12.7 Å². The van der Waals surface area contributed by atoms with Gasteiger partial charge in [-0.05, 0) is 19.1 Å². The van der Waals surface area contributed by atoms with Gasteiger partial charge in [0.15, 0.2) is 5.78 Å². The van der Waals surface area contributed by atoms with Crippen LogP contribution in [0.3, 0.4) is 0 Å². The topological polar surface area (TPSA) is 82.8 Å². The quantitative estimate of drug-likeness (QED) is 0.477. The second-order valence-corrected chi connectivity index (χ2v) is 5.99. The molecular weight excluding hydrogens is 360 g/mol. The Morgan fingerprint density at radius 1 is 0.857 bits per heavy atom. The van der Waals surface area contributed by atoms with Gasteiger partial charge in [0, 0.05) is 11.1 Å². The highest BCUT2D eigenvalue weighted by atomic mass is 16.5. The molecule has 3 aromatic rings. The Kier molecular flexibility index (Phi) is 5.69. The van der Waals surface area contributed by atoms with E-state index in [-0.39, 0.29) is 29.1 Å². The molecule has 0 saturated carbocycles. The van der Waals surface area contributed by atoms with Crippen molar-refractivity contribution in [3.05, 3.63) is 94.4 Å². The normalized spacial score (nSPS) is 10.4. The highest BCUT2D eigenvalue weighted by molar-refractivity contribution is 6.14. The fourth-order valence-corrected chi connectivity index (χ4v) is 2.75. The third kappa shape index (κ3) is 4.01. The van der Waals surface area contributed by atoms with Crippen LogP contribution in [0.1, 0.15) is 48.2 Å². The van der Waals surface area contributed by atoms with Gasteiger partial charge in [-0.2, -0.15) is 0 Å². The summed E-state index contributed by atoms with van der Waals surface area (Å²) < 4.78 is 15.4. The molecule has 1 aromatic heterocycles. The summed E-state index contributed by atoms with van der Waals surface area (Å²) in [5, 5.41) is 0. The molecule has 0 radical (unpaired) electrons. The van der Waals surface area contributed by atoms with Crippen molar-refractivity contribution < 1.29 is 28.3 Å². The number of rotatable bonds is 6. The maximum atomic E-state index is 12.7. The zero-order valence-electron chi connectivity index (χ0n) is 15.4. The van der Waals surface area contributed by atoms with E-state index in [0.717, 1.165) is 0 Å². The Bertz CT molecular complexity index is 1020. The first-order valence-electron chi connectivity index (χ1n) is 8.54. The summed E-state index contributed by atoms with van der Waals surface area (Å²) in [6, 6.07) is 16.6. The number of ether oxygens (including phenoxy) is 2. The lowest BCUT2D eigenvalue weighted by Crippen LogP contribution is -2.12. The third-order valence-electron chi connectivity index (χ3n) is 4.15. The summed E-state index contributed by atoms with van der Waals surface area (Å²) in [7, 11) is 1.27. The molecule has 0 unspecified atom stereocenters. The monoisotopic (exact) mass is 378 g/mol. The number of carbonyl (C=O) groups is 3. The van der Waals surface area contributed by atoms with Gasteiger partial charge >= 0.3 is 11.9 Å². The van der Waals surface area contributed by atoms with Crippen molar-refractivity contribution >= 4 is 17.7 Å². The smallest absolute Gasteiger partial charge is 0.341 e. The lowest BCUT2D eigenvalue weighted by molar-refractivity contribution is 0.0441. The van der Waals surface area contributed by atoms with Crippen molar-refractivity contribution in [1.29, 1.82) is 0 Å². The molecule has 28 heavy (non-hydrogen) atoms. The third-order valence-corrected chi connectivity index (χ3v) is 4.15. The molecule has 6 heteroatoms. The number of furan rings is 1. The number of hydrogen-bond acceptors (Lipinski definition) is 6. The first-order valence-corrected chi connectivity index (χ1v) is 8.54. The molecule has 1 heterocycles. The molecule has 0 aliphatic rings. The molecule has 0 atom stereocenters. The van der Waals surface area contributed by atoms with Gasteiger partial charge in [-0.25, -0.2) is 9.59 Å². The molecule has 0 saturated heterocycles. The number of carbonyl (C=O) groups excluding carboxylic acids is 3. The molecule has 0 N–H and O–H groups in total. The van der Waals surface area contributed by atoms with Crippen molar-refractivity contribution in [2.75, 3.05) is 7.11 Å². The van der Waals surface area contributed by atoms with Crippen LogP contribution in [0.25, 0.3) is 0 Å². The predicted octanol–water partition coefficient (Wildman–Crippen LogP) is 3.96. The first-order chi connectivity index (χ1) is 13.5. The van der Waals surface area contributed by atoms with Crippen LogP contribution in [0.5, 0.6) is 0 Å². The van der Waals surface area contributed by atoms with Crippen molar-refractivity contribution in [2.45, 2.75) is 13.5 Å². The van der Waals surface area contributed by atoms with E-state index in [4.69, 9.17) is 9.15 Å². The highest BCUT2D eigenvalue weighted by Gasteiger charge is 2.20. The van der Waals surface area contributed by atoms with E-state index in [1.54, 1.807) is 49.4 Å². The number of methoxy groups -OCH3 is 1. The Hall–Kier alpha value is -3.67. The standard InChI is InChI=1S/C22H18O6/c1-14-19(21(24)26-2)12-16(28-14)13-27-22(25)18-11-7-6-10-17(18)20(23)15-8-4-3-5-9-15/h3-12H,13H2,1-2H3. The molecule has 0 fully saturated rings. The maximum absolute atomic E-state index is 12.7. The number of hydrogen-bond donors (Lipinski definition) is 0. The summed E-state index contributed by atoms with van der Waals surface area (Å²) in [4.78, 5) is 36.9. The molecule has 142 valence electrons. The van der Waals surface area contributed by atoms with Crippen LogP contribution in [-0.2, 0) is 16.1 Å². The van der Waals surface area contributed by atoms with Crippen LogP contribution >= 0.6 is 0 Å². The molecule has 0 spiro atoms. The van der Waals surface area contributed by atoms with Crippen LogP contribution in [0.4, 0.5) is 0 Å². The van der Waals surface area contributed by atoms with Crippen molar-refractivity contribution in [1.82, 2.24) is 0 Å². The van der Waals surface area contributed by atoms with Crippen LogP contribution in [-0.4, -0.2) is 24.8 Å². The number of ketones is 1. The zero-order valence-corrected chi connectivity index (χ0v) is 15.4. The fourth-order valence-electron chi connectivity index (χ4n) is 2.75. The maximum Gasteiger partial charge on any atom is 0.341 e. The predicted molar refractivity (Wildman–Crippen MR) is 100 cm³/mol. The number of esters is 2. The molecule has 0 aliphatic carbocycles. The summed E-state index contributed by atoms with van der Waals surface area (Å²) in [5.74, 6) is -0.781. The highest BCUT2D eigenvalue weighted by Crippen LogP contribution is 2.19. The molecule has 3 rings (SSSR count). The Labute approximate surface area is 161 Å². The van der Waals surface area contributed by atoms with E-state index in [9.17, 15) is 14.4 Å². The Balaban J connectivity index is 1.77. The average molecular weight is 378 g/mol. The summed E-state index contributed by atoms with van der Waals surface area (Å²) in [6.45, 7) is 1.44. The number of benzene rings is 2. The zero-order chi connectivity index (χ0) is 20.1. The molecule has 6 nitrogen and oxygen atoms in total. The van der Waals surface area contributed by atoms with E-state index >= 15 is 0 Å². The minimum Gasteiger partial charge on any atom is -0.465 e. The fraction of sp³-hybridized carbons (Fsp3) is 0.136. The molecule has 2 aromatic carbocycles. The van der Waals surface area contributed by atoms with Crippen molar-refractivity contribution in [3.63, 3.8) is 0 Å². The molecule has 0 bridgehead atoms. The minimum atomic E-state index is -0.659. The Morgan fingerprint density at radius 2 is 1.50 bits per heavy atom. The van der Waals surface area contributed by atoms with Gasteiger partial charge in [-0.3, -0.25) is 4.79 Å². The largest absolute Gasteiger partial charge is 0.465 e. The number of aryl methyl sites for hydroxylation is 1. The van der Waals surface area contributed by atoms with Gasteiger partial charge in [-0.1, -0.05) is 48.5 Å². The average Bonchev–Trinajstić information content (AvgIpc) is 3.12. The molecule has 0 aliphatic heterocycles. The summed E-state index contributed by atoms with van der Waals surface area (Å²) >= 11 is 0. The van der Waals surface area contributed by atoms with Crippen LogP contribution in [0.2, 0.25) is 0 Å². The van der Waals surface area contributed by atoms with Gasteiger partial charge < -0.3 is 13.9 Å².